The molecule has 0 aliphatic rings. The van der Waals surface area contributed by atoms with Crippen LogP contribution in [-0.2, 0) is 4.79 Å². The first-order valence-electron chi connectivity index (χ1n) is 6.64. The van der Waals surface area contributed by atoms with Gasteiger partial charge >= 0.3 is 6.18 Å². The maximum absolute atomic E-state index is 12.6. The number of benzene rings is 1. The van der Waals surface area contributed by atoms with Crippen molar-refractivity contribution in [1.82, 2.24) is 0 Å². The van der Waals surface area contributed by atoms with Gasteiger partial charge in [-0.3, -0.25) is 4.79 Å². The molecule has 0 aliphatic carbocycles. The van der Waals surface area contributed by atoms with Crippen LogP contribution in [0.4, 0.5) is 18.9 Å². The second kappa shape index (κ2) is 6.70. The zero-order valence-corrected chi connectivity index (χ0v) is 14.1. The molecule has 0 bridgehead atoms. The van der Waals surface area contributed by atoms with E-state index in [1.54, 1.807) is 19.1 Å². The molecule has 1 atom stereocenters. The molecule has 0 saturated carbocycles. The van der Waals surface area contributed by atoms with E-state index >= 15 is 0 Å². The molecule has 0 radical (unpaired) electrons. The summed E-state index contributed by atoms with van der Waals surface area (Å²) in [5.74, 6) is -0.891. The molecule has 0 unspecified atom stereocenters. The van der Waals surface area contributed by atoms with Crippen LogP contribution < -0.4 is 5.32 Å². The topological polar surface area (TPSA) is 62.5 Å². The summed E-state index contributed by atoms with van der Waals surface area (Å²) in [5, 5.41) is 11.4. The fourth-order valence-corrected chi connectivity index (χ4v) is 2.81. The van der Waals surface area contributed by atoms with Gasteiger partial charge in [0.2, 0.25) is 5.60 Å². The van der Waals surface area contributed by atoms with Gasteiger partial charge in [0, 0.05) is 4.90 Å². The van der Waals surface area contributed by atoms with Crippen LogP contribution in [-0.4, -0.2) is 22.8 Å². The number of nitrogens with one attached hydrogen (secondary N) is 1. The fourth-order valence-electron chi connectivity index (χ4n) is 1.64. The van der Waals surface area contributed by atoms with Gasteiger partial charge in [0.1, 0.15) is 5.76 Å². The number of anilines is 1. The zero-order chi connectivity index (χ0) is 18.1. The van der Waals surface area contributed by atoms with Crippen molar-refractivity contribution in [2.45, 2.75) is 35.4 Å². The zero-order valence-electron chi connectivity index (χ0n) is 12.6. The van der Waals surface area contributed by atoms with Crippen LogP contribution in [0.25, 0.3) is 0 Å². The van der Waals surface area contributed by atoms with Crippen LogP contribution in [0.5, 0.6) is 0 Å². The highest BCUT2D eigenvalue weighted by molar-refractivity contribution is 7.99. The number of aryl methyl sites for hydroxylation is 1. The molecular formula is C15H13ClF3NO3S. The van der Waals surface area contributed by atoms with Gasteiger partial charge in [-0.05, 0) is 38.1 Å². The smallest absolute Gasteiger partial charge is 0.426 e. The van der Waals surface area contributed by atoms with Gasteiger partial charge < -0.3 is 14.8 Å². The number of halogens is 4. The van der Waals surface area contributed by atoms with Gasteiger partial charge in [-0.25, -0.2) is 0 Å². The number of rotatable bonds is 4. The lowest BCUT2D eigenvalue weighted by Gasteiger charge is -2.25. The highest BCUT2D eigenvalue weighted by atomic mass is 35.5. The van der Waals surface area contributed by atoms with Crippen molar-refractivity contribution in [3.05, 3.63) is 41.3 Å². The number of carbonyl (C=O) groups excluding carboxylic acids is 1. The lowest BCUT2D eigenvalue weighted by molar-refractivity contribution is -0.242. The molecular weight excluding hydrogens is 367 g/mol. The molecule has 130 valence electrons. The third-order valence-electron chi connectivity index (χ3n) is 3.22. The first kappa shape index (κ1) is 18.7. The number of furan rings is 1. The second-order valence-electron chi connectivity index (χ2n) is 5.11. The largest absolute Gasteiger partial charge is 0.468 e. The minimum absolute atomic E-state index is 0.0283. The maximum Gasteiger partial charge on any atom is 0.426 e. The molecule has 4 nitrogen and oxygen atoms in total. The highest BCUT2D eigenvalue weighted by Crippen LogP contribution is 2.36. The first-order valence-corrected chi connectivity index (χ1v) is 7.84. The molecule has 1 aromatic heterocycles. The molecule has 1 heterocycles. The van der Waals surface area contributed by atoms with Crippen molar-refractivity contribution in [2.75, 3.05) is 5.32 Å². The second-order valence-corrected chi connectivity index (χ2v) is 6.63. The van der Waals surface area contributed by atoms with E-state index in [4.69, 9.17) is 16.0 Å². The van der Waals surface area contributed by atoms with E-state index in [9.17, 15) is 23.1 Å². The van der Waals surface area contributed by atoms with Crippen molar-refractivity contribution in [3.8, 4) is 0 Å². The van der Waals surface area contributed by atoms with Gasteiger partial charge in [-0.1, -0.05) is 23.4 Å². The summed E-state index contributed by atoms with van der Waals surface area (Å²) in [6, 6.07) is 6.21. The summed E-state index contributed by atoms with van der Waals surface area (Å²) in [4.78, 5) is 13.2. The minimum Gasteiger partial charge on any atom is -0.468 e. The highest BCUT2D eigenvalue weighted by Gasteiger charge is 2.55. The van der Waals surface area contributed by atoms with Crippen LogP contribution in [0.3, 0.4) is 0 Å². The number of carbonyl (C=O) groups is 1. The van der Waals surface area contributed by atoms with Gasteiger partial charge in [-0.2, -0.15) is 13.2 Å². The Balaban J connectivity index is 2.16. The van der Waals surface area contributed by atoms with Gasteiger partial charge in [0.15, 0.2) is 0 Å². The lowest BCUT2D eigenvalue weighted by atomic mass is 10.1. The molecule has 2 aromatic rings. The van der Waals surface area contributed by atoms with Crippen LogP contribution in [0.2, 0.25) is 5.02 Å². The molecule has 24 heavy (non-hydrogen) atoms. The predicted octanol–water partition coefficient (Wildman–Crippen LogP) is 4.64. The van der Waals surface area contributed by atoms with E-state index in [-0.39, 0.29) is 10.7 Å². The summed E-state index contributed by atoms with van der Waals surface area (Å²) in [6.45, 7) is 2.17. The van der Waals surface area contributed by atoms with Crippen LogP contribution in [0.1, 0.15) is 12.7 Å². The van der Waals surface area contributed by atoms with Crippen molar-refractivity contribution < 1.29 is 27.5 Å². The van der Waals surface area contributed by atoms with Gasteiger partial charge in [0.05, 0.1) is 21.9 Å². The normalized spacial score (nSPS) is 14.3. The number of aliphatic hydroxyl groups is 1. The number of hydrogen-bond acceptors (Lipinski definition) is 4. The molecule has 9 heteroatoms. The Labute approximate surface area is 145 Å². The third-order valence-corrected chi connectivity index (χ3v) is 4.67. The number of amides is 1. The average Bonchev–Trinajstić information content (AvgIpc) is 2.86. The molecule has 0 saturated heterocycles. The van der Waals surface area contributed by atoms with Crippen LogP contribution >= 0.6 is 23.4 Å². The standard InChI is InChI=1S/C15H13ClF3NO3S/c1-8-12(5-6-23-8)24-9-3-4-11(10(16)7-9)20-13(21)14(2,22)15(17,18)19/h3-7,22H,1-2H3,(H,20,21)/t14-/m1/s1. The van der Waals surface area contributed by atoms with E-state index in [2.05, 4.69) is 0 Å². The summed E-state index contributed by atoms with van der Waals surface area (Å²) >= 11 is 7.36. The molecule has 0 spiro atoms. The Kier molecular flexibility index (Phi) is 5.22. The molecule has 1 amide bonds. The summed E-state index contributed by atoms with van der Waals surface area (Å²) < 4.78 is 43.1. The molecule has 2 N–H and O–H groups in total. The SMILES string of the molecule is Cc1occc1Sc1ccc(NC(=O)[C@@](C)(O)C(F)(F)F)c(Cl)c1. The van der Waals surface area contributed by atoms with Crippen molar-refractivity contribution in [2.24, 2.45) is 0 Å². The Morgan fingerprint density at radius 3 is 2.50 bits per heavy atom. The van der Waals surface area contributed by atoms with Crippen molar-refractivity contribution in [1.29, 1.82) is 0 Å². The first-order chi connectivity index (χ1) is 11.0. The summed E-state index contributed by atoms with van der Waals surface area (Å²) in [7, 11) is 0. The van der Waals surface area contributed by atoms with E-state index in [0.717, 1.165) is 10.7 Å². The average molecular weight is 380 g/mol. The van der Waals surface area contributed by atoms with E-state index in [1.807, 2.05) is 5.32 Å². The molecule has 2 rings (SSSR count). The van der Waals surface area contributed by atoms with Gasteiger partial charge in [-0.15, -0.1) is 0 Å². The van der Waals surface area contributed by atoms with Crippen LogP contribution in [0.15, 0.2) is 44.7 Å². The molecule has 0 aliphatic heterocycles. The maximum atomic E-state index is 12.6. The molecule has 1 aromatic carbocycles. The van der Waals surface area contributed by atoms with Crippen molar-refractivity contribution in [3.63, 3.8) is 0 Å². The van der Waals surface area contributed by atoms with E-state index in [0.29, 0.717) is 11.8 Å². The summed E-state index contributed by atoms with van der Waals surface area (Å²) in [5.41, 5.74) is -3.54. The van der Waals surface area contributed by atoms with Crippen LogP contribution in [0, 0.1) is 6.92 Å². The predicted molar refractivity (Wildman–Crippen MR) is 84.3 cm³/mol. The third kappa shape index (κ3) is 3.88. The Hall–Kier alpha value is -1.64. The van der Waals surface area contributed by atoms with E-state index in [1.165, 1.54) is 30.2 Å². The lowest BCUT2D eigenvalue weighted by Crippen LogP contribution is -2.52. The molecule has 0 fully saturated rings. The number of hydrogen-bond donors (Lipinski definition) is 2. The fraction of sp³-hybridized carbons (Fsp3) is 0.267. The Morgan fingerprint density at radius 2 is 2.00 bits per heavy atom. The Bertz CT molecular complexity index is 759. The van der Waals surface area contributed by atoms with Gasteiger partial charge in [0.25, 0.3) is 5.91 Å². The van der Waals surface area contributed by atoms with Crippen molar-refractivity contribution >= 4 is 35.0 Å². The monoisotopic (exact) mass is 379 g/mol. The Morgan fingerprint density at radius 1 is 1.33 bits per heavy atom. The minimum atomic E-state index is -5.10. The quantitative estimate of drug-likeness (QED) is 0.812. The summed E-state index contributed by atoms with van der Waals surface area (Å²) in [6.07, 6.45) is -3.56. The number of alkyl halides is 3. The van der Waals surface area contributed by atoms with E-state index < -0.39 is 17.7 Å².